The third-order valence-electron chi connectivity index (χ3n) is 4.45. The molecule has 1 aliphatic carbocycles. The number of carbonyl (C=O) groups is 1. The van der Waals surface area contributed by atoms with E-state index in [1.807, 2.05) is 11.9 Å². The second kappa shape index (κ2) is 6.18. The molecule has 2 fully saturated rings. The summed E-state index contributed by atoms with van der Waals surface area (Å²) >= 11 is 5.81. The molecular weight excluding hydrogens is 288 g/mol. The molecule has 0 bridgehead atoms. The van der Waals surface area contributed by atoms with Gasteiger partial charge in [-0.1, -0.05) is 11.6 Å². The van der Waals surface area contributed by atoms with E-state index in [2.05, 4.69) is 14.9 Å². The van der Waals surface area contributed by atoms with Crippen LogP contribution in [0.15, 0.2) is 12.4 Å². The molecule has 0 spiro atoms. The summed E-state index contributed by atoms with van der Waals surface area (Å²) in [6.45, 7) is 1.68. The van der Waals surface area contributed by atoms with Crippen molar-refractivity contribution in [3.8, 4) is 0 Å². The number of rotatable bonds is 4. The SMILES string of the molecule is CN(c1ncc(Cl)cn1)C1CCN(C(=O)CC2CC2)CC1. The lowest BCUT2D eigenvalue weighted by Gasteiger charge is -2.36. The molecule has 0 radical (unpaired) electrons. The van der Waals surface area contributed by atoms with E-state index in [9.17, 15) is 4.79 Å². The first kappa shape index (κ1) is 14.6. The Morgan fingerprint density at radius 1 is 1.29 bits per heavy atom. The number of aromatic nitrogens is 2. The Balaban J connectivity index is 1.52. The molecule has 3 rings (SSSR count). The number of piperidine rings is 1. The van der Waals surface area contributed by atoms with Crippen LogP contribution in [0.3, 0.4) is 0 Å². The molecule has 1 aliphatic heterocycles. The Kier molecular flexibility index (Phi) is 4.29. The minimum Gasteiger partial charge on any atom is -0.343 e. The van der Waals surface area contributed by atoms with E-state index < -0.39 is 0 Å². The van der Waals surface area contributed by atoms with Crippen molar-refractivity contribution in [2.75, 3.05) is 25.0 Å². The lowest BCUT2D eigenvalue weighted by atomic mass is 10.0. The molecular formula is C15H21ClN4O. The molecule has 0 aromatic carbocycles. The van der Waals surface area contributed by atoms with Gasteiger partial charge in [0.25, 0.3) is 0 Å². The zero-order valence-corrected chi connectivity index (χ0v) is 13.1. The van der Waals surface area contributed by atoms with Gasteiger partial charge in [-0.3, -0.25) is 4.79 Å². The first-order valence-corrected chi connectivity index (χ1v) is 7.99. The minimum absolute atomic E-state index is 0.335. The van der Waals surface area contributed by atoms with Gasteiger partial charge in [0, 0.05) is 32.6 Å². The van der Waals surface area contributed by atoms with E-state index in [0.29, 0.717) is 28.8 Å². The van der Waals surface area contributed by atoms with E-state index in [0.717, 1.165) is 32.4 Å². The fourth-order valence-corrected chi connectivity index (χ4v) is 2.95. The second-order valence-electron chi connectivity index (χ2n) is 6.07. The molecule has 5 nitrogen and oxygen atoms in total. The maximum Gasteiger partial charge on any atom is 0.225 e. The van der Waals surface area contributed by atoms with Crippen molar-refractivity contribution in [3.63, 3.8) is 0 Å². The molecule has 114 valence electrons. The summed E-state index contributed by atoms with van der Waals surface area (Å²) in [4.78, 5) is 24.7. The van der Waals surface area contributed by atoms with Gasteiger partial charge < -0.3 is 9.80 Å². The Morgan fingerprint density at radius 2 is 1.90 bits per heavy atom. The summed E-state index contributed by atoms with van der Waals surface area (Å²) in [5.74, 6) is 1.70. The molecule has 1 amide bonds. The largest absolute Gasteiger partial charge is 0.343 e. The molecule has 0 atom stereocenters. The smallest absolute Gasteiger partial charge is 0.225 e. The third kappa shape index (κ3) is 3.64. The van der Waals surface area contributed by atoms with Crippen LogP contribution in [0.2, 0.25) is 5.02 Å². The Bertz CT molecular complexity index is 495. The van der Waals surface area contributed by atoms with E-state index in [4.69, 9.17) is 11.6 Å². The average molecular weight is 309 g/mol. The highest BCUT2D eigenvalue weighted by Crippen LogP contribution is 2.33. The third-order valence-corrected chi connectivity index (χ3v) is 4.64. The lowest BCUT2D eigenvalue weighted by Crippen LogP contribution is -2.46. The first-order chi connectivity index (χ1) is 10.1. The van der Waals surface area contributed by atoms with Crippen molar-refractivity contribution >= 4 is 23.5 Å². The summed E-state index contributed by atoms with van der Waals surface area (Å²) in [5, 5.41) is 0.549. The molecule has 0 N–H and O–H groups in total. The van der Waals surface area contributed by atoms with Crippen molar-refractivity contribution in [1.82, 2.24) is 14.9 Å². The zero-order chi connectivity index (χ0) is 14.8. The summed E-state index contributed by atoms with van der Waals surface area (Å²) in [6.07, 6.45) is 8.40. The maximum atomic E-state index is 12.1. The van der Waals surface area contributed by atoms with Crippen LogP contribution in [0.4, 0.5) is 5.95 Å². The van der Waals surface area contributed by atoms with Gasteiger partial charge in [0.15, 0.2) is 0 Å². The molecule has 1 saturated carbocycles. The summed E-state index contributed by atoms with van der Waals surface area (Å²) in [6, 6.07) is 0.385. The standard InChI is InChI=1S/C15H21ClN4O/c1-19(15-17-9-12(16)10-18-15)13-4-6-20(7-5-13)14(21)8-11-2-3-11/h9-11,13H,2-8H2,1H3. The number of likely N-dealkylation sites (tertiary alicyclic amines) is 1. The Morgan fingerprint density at radius 3 is 2.48 bits per heavy atom. The van der Waals surface area contributed by atoms with Crippen LogP contribution in [0.1, 0.15) is 32.1 Å². The van der Waals surface area contributed by atoms with Gasteiger partial charge >= 0.3 is 0 Å². The molecule has 1 saturated heterocycles. The lowest BCUT2D eigenvalue weighted by molar-refractivity contribution is -0.132. The van der Waals surface area contributed by atoms with Crippen LogP contribution in [0.25, 0.3) is 0 Å². The molecule has 6 heteroatoms. The summed E-state index contributed by atoms with van der Waals surface area (Å²) in [7, 11) is 2.01. The van der Waals surface area contributed by atoms with Gasteiger partial charge in [0.2, 0.25) is 11.9 Å². The highest BCUT2D eigenvalue weighted by atomic mass is 35.5. The normalized spacial score (nSPS) is 19.6. The summed E-state index contributed by atoms with van der Waals surface area (Å²) in [5.41, 5.74) is 0. The molecule has 2 aliphatic rings. The number of halogens is 1. The number of carbonyl (C=O) groups excluding carboxylic acids is 1. The highest BCUT2D eigenvalue weighted by molar-refractivity contribution is 6.30. The quantitative estimate of drug-likeness (QED) is 0.857. The van der Waals surface area contributed by atoms with Crippen LogP contribution in [0, 0.1) is 5.92 Å². The van der Waals surface area contributed by atoms with Crippen molar-refractivity contribution in [1.29, 1.82) is 0 Å². The van der Waals surface area contributed by atoms with Crippen molar-refractivity contribution < 1.29 is 4.79 Å². The van der Waals surface area contributed by atoms with Crippen LogP contribution >= 0.6 is 11.6 Å². The van der Waals surface area contributed by atoms with Crippen LogP contribution in [-0.4, -0.2) is 47.0 Å². The Hall–Kier alpha value is -1.36. The molecule has 21 heavy (non-hydrogen) atoms. The summed E-state index contributed by atoms with van der Waals surface area (Å²) < 4.78 is 0. The van der Waals surface area contributed by atoms with Gasteiger partial charge in [0.05, 0.1) is 17.4 Å². The number of anilines is 1. The molecule has 1 aromatic heterocycles. The van der Waals surface area contributed by atoms with E-state index >= 15 is 0 Å². The molecule has 1 aromatic rings. The van der Waals surface area contributed by atoms with Crippen molar-refractivity contribution in [2.45, 2.75) is 38.1 Å². The van der Waals surface area contributed by atoms with Gasteiger partial charge in [0.1, 0.15) is 0 Å². The highest BCUT2D eigenvalue weighted by Gasteiger charge is 2.30. The van der Waals surface area contributed by atoms with Gasteiger partial charge in [-0.15, -0.1) is 0 Å². The van der Waals surface area contributed by atoms with Gasteiger partial charge in [-0.25, -0.2) is 9.97 Å². The first-order valence-electron chi connectivity index (χ1n) is 7.61. The topological polar surface area (TPSA) is 49.3 Å². The van der Waals surface area contributed by atoms with Crippen LogP contribution < -0.4 is 4.90 Å². The predicted octanol–water partition coefficient (Wildman–Crippen LogP) is 2.36. The van der Waals surface area contributed by atoms with Crippen molar-refractivity contribution in [3.05, 3.63) is 17.4 Å². The van der Waals surface area contributed by atoms with E-state index in [1.54, 1.807) is 12.4 Å². The van der Waals surface area contributed by atoms with Crippen molar-refractivity contribution in [2.24, 2.45) is 5.92 Å². The number of hydrogen-bond donors (Lipinski definition) is 0. The minimum atomic E-state index is 0.335. The molecule has 0 unspecified atom stereocenters. The Labute approximate surface area is 130 Å². The second-order valence-corrected chi connectivity index (χ2v) is 6.51. The number of nitrogens with zero attached hydrogens (tertiary/aromatic N) is 4. The number of amides is 1. The maximum absolute atomic E-state index is 12.1. The fraction of sp³-hybridized carbons (Fsp3) is 0.667. The number of hydrogen-bond acceptors (Lipinski definition) is 4. The molecule has 2 heterocycles. The van der Waals surface area contributed by atoms with Crippen LogP contribution in [0.5, 0.6) is 0 Å². The van der Waals surface area contributed by atoms with E-state index in [1.165, 1.54) is 12.8 Å². The average Bonchev–Trinajstić information content (AvgIpc) is 3.31. The van der Waals surface area contributed by atoms with E-state index in [-0.39, 0.29) is 0 Å². The van der Waals surface area contributed by atoms with Crippen LogP contribution in [-0.2, 0) is 4.79 Å². The van der Waals surface area contributed by atoms with Gasteiger partial charge in [-0.2, -0.15) is 0 Å². The fourth-order valence-electron chi connectivity index (χ4n) is 2.85. The zero-order valence-electron chi connectivity index (χ0n) is 12.3. The van der Waals surface area contributed by atoms with Gasteiger partial charge in [-0.05, 0) is 31.6 Å². The predicted molar refractivity (Wildman–Crippen MR) is 82.4 cm³/mol. The monoisotopic (exact) mass is 308 g/mol.